The summed E-state index contributed by atoms with van der Waals surface area (Å²) in [6.07, 6.45) is 4.56. The fourth-order valence-electron chi connectivity index (χ4n) is 4.84. The summed E-state index contributed by atoms with van der Waals surface area (Å²) < 4.78 is 1.97. The van der Waals surface area contributed by atoms with Crippen molar-refractivity contribution in [2.45, 2.75) is 32.2 Å². The number of nitrogens with one attached hydrogen (secondary N) is 2. The third kappa shape index (κ3) is 5.39. The molecule has 1 atom stereocenters. The summed E-state index contributed by atoms with van der Waals surface area (Å²) >= 11 is 0. The van der Waals surface area contributed by atoms with Crippen molar-refractivity contribution < 1.29 is 14.7 Å². The van der Waals surface area contributed by atoms with Crippen LogP contribution in [0.4, 0.5) is 11.5 Å². The Labute approximate surface area is 226 Å². The number of amides is 2. The van der Waals surface area contributed by atoms with Gasteiger partial charge < -0.3 is 26.0 Å². The second kappa shape index (κ2) is 10.7. The van der Waals surface area contributed by atoms with E-state index in [1.807, 2.05) is 48.0 Å². The van der Waals surface area contributed by atoms with Crippen LogP contribution in [-0.4, -0.2) is 44.1 Å². The molecule has 1 fully saturated rings. The highest BCUT2D eigenvalue weighted by molar-refractivity contribution is 6.08. The van der Waals surface area contributed by atoms with Gasteiger partial charge in [0.15, 0.2) is 0 Å². The number of carbonyl (C=O) groups excluding carboxylic acids is 2. The van der Waals surface area contributed by atoms with E-state index in [0.717, 1.165) is 47.0 Å². The van der Waals surface area contributed by atoms with Crippen LogP contribution >= 0.6 is 0 Å². The number of nitrogens with zero attached hydrogens (tertiary/aromatic N) is 3. The van der Waals surface area contributed by atoms with Crippen LogP contribution in [0.2, 0.25) is 0 Å². The van der Waals surface area contributed by atoms with Crippen molar-refractivity contribution >= 4 is 34.4 Å². The molecule has 1 unspecified atom stereocenters. The summed E-state index contributed by atoms with van der Waals surface area (Å²) in [5, 5.41) is 16.2. The molecule has 2 aromatic heterocycles. The largest absolute Gasteiger partial charge is 0.394 e. The first-order chi connectivity index (χ1) is 18.8. The molecule has 4 aromatic rings. The average Bonchev–Trinajstić information content (AvgIpc) is 3.70. The fraction of sp³-hybridized carbons (Fsp3) is 0.267. The minimum absolute atomic E-state index is 0.0748. The van der Waals surface area contributed by atoms with Crippen molar-refractivity contribution in [3.63, 3.8) is 0 Å². The lowest BCUT2D eigenvalue weighted by Crippen LogP contribution is -2.37. The third-order valence-corrected chi connectivity index (χ3v) is 7.11. The van der Waals surface area contributed by atoms with Crippen molar-refractivity contribution in [1.29, 1.82) is 0 Å². The standard InChI is InChI=1S/C30H32N6O3/c1-17(2)29(38)34-22-12-10-20(11-13-22)26-24(25-27(31)32-16-33-28(25)36(26)3)19-6-8-21(9-7-19)30(39)35-23(15-37)14-18-4-5-18/h6-13,16,18,23,37H,1,4-5,14-15H2,2-3H3,(H,34,38)(H,35,39)(H2,31,32,33). The highest BCUT2D eigenvalue weighted by Crippen LogP contribution is 2.41. The predicted molar refractivity (Wildman–Crippen MR) is 153 cm³/mol. The molecule has 1 aliphatic carbocycles. The molecular formula is C30H32N6O3. The summed E-state index contributed by atoms with van der Waals surface area (Å²) in [5.74, 6) is 0.501. The van der Waals surface area contributed by atoms with Crippen molar-refractivity contribution in [3.8, 4) is 22.4 Å². The van der Waals surface area contributed by atoms with E-state index in [-0.39, 0.29) is 24.5 Å². The molecule has 0 spiro atoms. The molecule has 1 saturated carbocycles. The monoisotopic (exact) mass is 524 g/mol. The highest BCUT2D eigenvalue weighted by atomic mass is 16.3. The van der Waals surface area contributed by atoms with Gasteiger partial charge in [-0.1, -0.05) is 43.7 Å². The van der Waals surface area contributed by atoms with Crippen molar-refractivity contribution in [2.24, 2.45) is 13.0 Å². The van der Waals surface area contributed by atoms with Crippen LogP contribution in [0.3, 0.4) is 0 Å². The molecule has 0 radical (unpaired) electrons. The van der Waals surface area contributed by atoms with Crippen LogP contribution in [-0.2, 0) is 11.8 Å². The number of nitrogens with two attached hydrogens (primary N) is 1. The molecule has 9 heteroatoms. The molecule has 2 aromatic carbocycles. The van der Waals surface area contributed by atoms with E-state index in [1.165, 1.54) is 6.33 Å². The minimum atomic E-state index is -0.241. The predicted octanol–water partition coefficient (Wildman–Crippen LogP) is 4.29. The maximum atomic E-state index is 12.9. The number of anilines is 2. The summed E-state index contributed by atoms with van der Waals surface area (Å²) in [4.78, 5) is 33.6. The summed E-state index contributed by atoms with van der Waals surface area (Å²) in [6.45, 7) is 5.26. The molecule has 1 aliphatic rings. The molecule has 0 aliphatic heterocycles. The molecule has 2 heterocycles. The van der Waals surface area contributed by atoms with Gasteiger partial charge in [-0.2, -0.15) is 0 Å². The Bertz CT molecular complexity index is 1550. The van der Waals surface area contributed by atoms with E-state index >= 15 is 0 Å². The number of aliphatic hydroxyl groups is 1. The molecule has 0 bridgehead atoms. The molecule has 2 amide bonds. The number of hydrogen-bond donors (Lipinski definition) is 4. The quantitative estimate of drug-likeness (QED) is 0.241. The topological polar surface area (TPSA) is 135 Å². The lowest BCUT2D eigenvalue weighted by Gasteiger charge is -2.16. The van der Waals surface area contributed by atoms with Crippen molar-refractivity contribution in [3.05, 3.63) is 72.6 Å². The van der Waals surface area contributed by atoms with Gasteiger partial charge in [0, 0.05) is 29.4 Å². The minimum Gasteiger partial charge on any atom is -0.394 e. The number of aromatic nitrogens is 3. The van der Waals surface area contributed by atoms with Crippen LogP contribution in [0.1, 0.15) is 36.5 Å². The molecule has 9 nitrogen and oxygen atoms in total. The summed E-state index contributed by atoms with van der Waals surface area (Å²) in [6, 6.07) is 14.6. The van der Waals surface area contributed by atoms with Gasteiger partial charge in [0.05, 0.1) is 23.7 Å². The number of nitrogen functional groups attached to an aromatic ring is 1. The van der Waals surface area contributed by atoms with Gasteiger partial charge in [-0.15, -0.1) is 0 Å². The van der Waals surface area contributed by atoms with Crippen LogP contribution in [0.5, 0.6) is 0 Å². The van der Waals surface area contributed by atoms with Gasteiger partial charge in [-0.3, -0.25) is 9.59 Å². The Kier molecular flexibility index (Phi) is 7.17. The average molecular weight is 525 g/mol. The number of aryl methyl sites for hydroxylation is 1. The van der Waals surface area contributed by atoms with E-state index in [1.54, 1.807) is 19.1 Å². The first-order valence-electron chi connectivity index (χ1n) is 12.9. The van der Waals surface area contributed by atoms with E-state index < -0.39 is 0 Å². The number of rotatable bonds is 9. The Morgan fingerprint density at radius 1 is 1.10 bits per heavy atom. The fourth-order valence-corrected chi connectivity index (χ4v) is 4.84. The van der Waals surface area contributed by atoms with Gasteiger partial charge in [0.1, 0.15) is 17.8 Å². The van der Waals surface area contributed by atoms with Gasteiger partial charge >= 0.3 is 0 Å². The second-order valence-electron chi connectivity index (χ2n) is 10.2. The van der Waals surface area contributed by atoms with E-state index in [2.05, 4.69) is 27.2 Å². The molecular weight excluding hydrogens is 492 g/mol. The van der Waals surface area contributed by atoms with Gasteiger partial charge in [-0.25, -0.2) is 9.97 Å². The Hall–Kier alpha value is -4.50. The van der Waals surface area contributed by atoms with E-state index in [9.17, 15) is 14.7 Å². The number of fused-ring (bicyclic) bond motifs is 1. The lowest BCUT2D eigenvalue weighted by molar-refractivity contribution is -0.112. The van der Waals surface area contributed by atoms with Gasteiger partial charge in [-0.05, 0) is 54.7 Å². The number of aliphatic hydroxyl groups excluding tert-OH is 1. The summed E-state index contributed by atoms with van der Waals surface area (Å²) in [7, 11) is 1.92. The zero-order valence-electron chi connectivity index (χ0n) is 22.1. The number of carbonyl (C=O) groups is 2. The molecule has 5 rings (SSSR count). The maximum absolute atomic E-state index is 12.9. The van der Waals surface area contributed by atoms with Crippen LogP contribution in [0.15, 0.2) is 67.0 Å². The zero-order valence-corrected chi connectivity index (χ0v) is 22.1. The molecule has 39 heavy (non-hydrogen) atoms. The van der Waals surface area contributed by atoms with E-state index in [4.69, 9.17) is 5.73 Å². The SMILES string of the molecule is C=C(C)C(=O)Nc1ccc(-c2c(-c3ccc(C(=O)NC(CO)CC4CC4)cc3)c3c(N)ncnc3n2C)cc1. The van der Waals surface area contributed by atoms with Crippen LogP contribution in [0, 0.1) is 5.92 Å². The first kappa shape index (κ1) is 26.1. The van der Waals surface area contributed by atoms with E-state index in [0.29, 0.717) is 34.2 Å². The molecule has 200 valence electrons. The third-order valence-electron chi connectivity index (χ3n) is 7.11. The molecule has 5 N–H and O–H groups in total. The van der Waals surface area contributed by atoms with Crippen molar-refractivity contribution in [1.82, 2.24) is 19.9 Å². The van der Waals surface area contributed by atoms with Gasteiger partial charge in [0.25, 0.3) is 11.8 Å². The number of hydrogen-bond acceptors (Lipinski definition) is 6. The Morgan fingerprint density at radius 3 is 2.38 bits per heavy atom. The summed E-state index contributed by atoms with van der Waals surface area (Å²) in [5.41, 5.74) is 12.1. The molecule has 0 saturated heterocycles. The maximum Gasteiger partial charge on any atom is 0.251 e. The van der Waals surface area contributed by atoms with Crippen LogP contribution in [0.25, 0.3) is 33.4 Å². The smallest absolute Gasteiger partial charge is 0.251 e. The van der Waals surface area contributed by atoms with Crippen LogP contribution < -0.4 is 16.4 Å². The Morgan fingerprint density at radius 2 is 1.77 bits per heavy atom. The lowest BCUT2D eigenvalue weighted by atomic mass is 9.97. The van der Waals surface area contributed by atoms with Gasteiger partial charge in [0.2, 0.25) is 0 Å². The highest BCUT2D eigenvalue weighted by Gasteiger charge is 2.26. The Balaban J connectivity index is 1.51. The van der Waals surface area contributed by atoms with Crippen molar-refractivity contribution in [2.75, 3.05) is 17.7 Å². The first-order valence-corrected chi connectivity index (χ1v) is 12.9. The second-order valence-corrected chi connectivity index (χ2v) is 10.2. The number of benzene rings is 2. The normalized spacial score (nSPS) is 13.7. The zero-order chi connectivity index (χ0) is 27.7.